The molecule has 4 nitrogen and oxygen atoms in total. The molecule has 0 radical (unpaired) electrons. The summed E-state index contributed by atoms with van der Waals surface area (Å²) < 4.78 is 2.16. The Kier molecular flexibility index (Phi) is 5.02. The minimum atomic E-state index is -2.54. The van der Waals surface area contributed by atoms with Crippen LogP contribution in [0.4, 0.5) is 0 Å². The van der Waals surface area contributed by atoms with Gasteiger partial charge in [0.1, 0.15) is 11.5 Å². The molecule has 0 fully saturated rings. The summed E-state index contributed by atoms with van der Waals surface area (Å²) in [6, 6.07) is 45.2. The Hall–Kier alpha value is -4.53. The maximum atomic E-state index is 9.82. The van der Waals surface area contributed by atoms with Crippen molar-refractivity contribution in [1.82, 2.24) is 14.4 Å². The van der Waals surface area contributed by atoms with Gasteiger partial charge in [-0.1, -0.05) is 109 Å². The van der Waals surface area contributed by atoms with E-state index in [9.17, 15) is 5.16 Å². The maximum Gasteiger partial charge on any atom is 0.149 e. The molecule has 0 unspecified atom stereocenters. The summed E-state index contributed by atoms with van der Waals surface area (Å²) in [5.74, 6) is 0.849. The van der Waals surface area contributed by atoms with Crippen LogP contribution in [0.5, 0.6) is 0 Å². The second-order valence-corrected chi connectivity index (χ2v) is 12.0. The van der Waals surface area contributed by atoms with Gasteiger partial charge in [-0.2, -0.15) is 0 Å². The molecule has 37 heavy (non-hydrogen) atoms. The van der Waals surface area contributed by atoms with E-state index >= 15 is 0 Å². The van der Waals surface area contributed by atoms with Crippen LogP contribution in [0.15, 0.2) is 133 Å². The first-order chi connectivity index (χ1) is 18.2. The van der Waals surface area contributed by atoms with Crippen LogP contribution < -0.4 is 15.9 Å². The van der Waals surface area contributed by atoms with E-state index in [1.54, 1.807) is 0 Å². The largest absolute Gasteiger partial charge is 0.305 e. The topological polar surface area (TPSA) is 54.0 Å². The number of para-hydroxylation sites is 3. The molecule has 0 aliphatic heterocycles. The minimum Gasteiger partial charge on any atom is -0.305 e. The Bertz CT molecular complexity index is 1900. The molecule has 0 saturated heterocycles. The predicted octanol–water partition coefficient (Wildman–Crippen LogP) is 6.76. The standard InChI is InChI=1S/C32H23N4P/c33-37(24-11-3-1-4-12-24,25-13-5-2-6-14-25)26-21-19-23(20-22-26)31-34-28-16-8-7-15-27(28)32-35-29-17-9-10-18-30(29)36(31)32/h1-22,33H. The summed E-state index contributed by atoms with van der Waals surface area (Å²) in [7, 11) is -2.54. The SMILES string of the molecule is N=P(c1ccccc1)(c1ccccc1)c1ccc(-c2nc3ccccc3c3nc4ccccc4n23)cc1. The minimum absolute atomic E-state index is 0.849. The van der Waals surface area contributed by atoms with Crippen LogP contribution in [0.25, 0.3) is 39.0 Å². The van der Waals surface area contributed by atoms with E-state index in [-0.39, 0.29) is 0 Å². The van der Waals surface area contributed by atoms with Gasteiger partial charge in [0.25, 0.3) is 0 Å². The number of aromatic nitrogens is 3. The summed E-state index contributed by atoms with van der Waals surface area (Å²) in [6.07, 6.45) is 0. The fourth-order valence-corrected chi connectivity index (χ4v) is 7.85. The first kappa shape index (κ1) is 21.7. The third kappa shape index (κ3) is 3.41. The van der Waals surface area contributed by atoms with E-state index in [4.69, 9.17) is 9.97 Å². The quantitative estimate of drug-likeness (QED) is 0.275. The van der Waals surface area contributed by atoms with Gasteiger partial charge in [-0.3, -0.25) is 4.40 Å². The number of nitrogens with one attached hydrogen (secondary N) is 1. The Morgan fingerprint density at radius 1 is 0.514 bits per heavy atom. The van der Waals surface area contributed by atoms with Crippen molar-refractivity contribution >= 4 is 50.6 Å². The Morgan fingerprint density at radius 2 is 1.05 bits per heavy atom. The Morgan fingerprint density at radius 3 is 1.73 bits per heavy atom. The molecule has 0 atom stereocenters. The average Bonchev–Trinajstić information content (AvgIpc) is 3.37. The molecule has 0 bridgehead atoms. The smallest absolute Gasteiger partial charge is 0.149 e. The molecular weight excluding hydrogens is 471 g/mol. The summed E-state index contributed by atoms with van der Waals surface area (Å²) in [5, 5.41) is 14.0. The molecule has 0 aliphatic rings. The molecule has 5 heteroatoms. The average molecular weight is 495 g/mol. The number of imidazole rings is 1. The molecule has 0 saturated carbocycles. The second-order valence-electron chi connectivity index (χ2n) is 9.10. The van der Waals surface area contributed by atoms with Gasteiger partial charge in [0.15, 0.2) is 0 Å². The fraction of sp³-hybridized carbons (Fsp3) is 0. The van der Waals surface area contributed by atoms with Crippen LogP contribution in [0.1, 0.15) is 0 Å². The fourth-order valence-electron chi connectivity index (χ4n) is 5.12. The molecule has 5 aromatic carbocycles. The van der Waals surface area contributed by atoms with Crippen molar-refractivity contribution in [2.24, 2.45) is 0 Å². The zero-order valence-electron chi connectivity index (χ0n) is 20.0. The number of rotatable bonds is 4. The zero-order chi connectivity index (χ0) is 24.8. The summed E-state index contributed by atoms with van der Waals surface area (Å²) in [6.45, 7) is 0. The lowest BCUT2D eigenvalue weighted by atomic mass is 10.2. The molecule has 2 aromatic heterocycles. The van der Waals surface area contributed by atoms with Crippen LogP contribution in [0.2, 0.25) is 0 Å². The first-order valence-electron chi connectivity index (χ1n) is 12.3. The van der Waals surface area contributed by atoms with Gasteiger partial charge in [-0.25, -0.2) is 9.97 Å². The van der Waals surface area contributed by atoms with Gasteiger partial charge >= 0.3 is 0 Å². The molecule has 0 spiro atoms. The van der Waals surface area contributed by atoms with Gasteiger partial charge in [0, 0.05) is 10.9 Å². The lowest BCUT2D eigenvalue weighted by Crippen LogP contribution is -2.24. The number of fused-ring (bicyclic) bond motifs is 5. The molecule has 7 aromatic rings. The van der Waals surface area contributed by atoms with E-state index in [0.717, 1.165) is 54.9 Å². The second kappa shape index (κ2) is 8.55. The number of hydrogen-bond acceptors (Lipinski definition) is 3. The van der Waals surface area contributed by atoms with Gasteiger partial charge in [0.2, 0.25) is 0 Å². The number of benzene rings is 5. The maximum absolute atomic E-state index is 9.82. The van der Waals surface area contributed by atoms with E-state index in [2.05, 4.69) is 65.1 Å². The van der Waals surface area contributed by atoms with E-state index < -0.39 is 7.05 Å². The molecule has 176 valence electrons. The van der Waals surface area contributed by atoms with Crippen LogP contribution in [0.3, 0.4) is 0 Å². The van der Waals surface area contributed by atoms with Gasteiger partial charge in [-0.15, -0.1) is 0 Å². The molecule has 0 aliphatic carbocycles. The van der Waals surface area contributed by atoms with Gasteiger partial charge in [-0.05, 0) is 40.2 Å². The third-order valence-electron chi connectivity index (χ3n) is 6.94. The first-order valence-corrected chi connectivity index (χ1v) is 14.0. The highest BCUT2D eigenvalue weighted by molar-refractivity contribution is 7.86. The normalized spacial score (nSPS) is 11.9. The summed E-state index contributed by atoms with van der Waals surface area (Å²) in [4.78, 5) is 10.1. The van der Waals surface area contributed by atoms with Crippen molar-refractivity contribution in [3.63, 3.8) is 0 Å². The third-order valence-corrected chi connectivity index (χ3v) is 10.2. The molecule has 7 rings (SSSR count). The predicted molar refractivity (Wildman–Crippen MR) is 155 cm³/mol. The van der Waals surface area contributed by atoms with E-state index in [0.29, 0.717) is 0 Å². The van der Waals surface area contributed by atoms with Crippen LogP contribution in [-0.2, 0) is 0 Å². The van der Waals surface area contributed by atoms with Crippen molar-refractivity contribution in [2.45, 2.75) is 0 Å². The van der Waals surface area contributed by atoms with Crippen molar-refractivity contribution < 1.29 is 0 Å². The molecule has 0 amide bonds. The summed E-state index contributed by atoms with van der Waals surface area (Å²) >= 11 is 0. The zero-order valence-corrected chi connectivity index (χ0v) is 20.9. The van der Waals surface area contributed by atoms with Crippen LogP contribution >= 0.6 is 7.05 Å². The number of nitrogens with zero attached hydrogens (tertiary/aromatic N) is 3. The number of hydrogen-bond donors (Lipinski definition) is 1. The molecule has 1 N–H and O–H groups in total. The highest BCUT2D eigenvalue weighted by atomic mass is 31.2. The molecule has 2 heterocycles. The van der Waals surface area contributed by atoms with Gasteiger partial charge in [0.05, 0.1) is 23.6 Å². The molecular formula is C32H23N4P. The lowest BCUT2D eigenvalue weighted by Gasteiger charge is -2.24. The van der Waals surface area contributed by atoms with E-state index in [1.807, 2.05) is 72.8 Å². The van der Waals surface area contributed by atoms with Crippen molar-refractivity contribution in [3.05, 3.63) is 133 Å². The Balaban J connectivity index is 1.45. The van der Waals surface area contributed by atoms with Crippen molar-refractivity contribution in [2.75, 3.05) is 0 Å². The van der Waals surface area contributed by atoms with E-state index in [1.165, 1.54) is 0 Å². The van der Waals surface area contributed by atoms with Crippen molar-refractivity contribution in [1.29, 1.82) is 5.16 Å². The van der Waals surface area contributed by atoms with Crippen LogP contribution in [0, 0.1) is 5.16 Å². The summed E-state index contributed by atoms with van der Waals surface area (Å²) in [5.41, 5.74) is 4.80. The van der Waals surface area contributed by atoms with Gasteiger partial charge < -0.3 is 5.16 Å². The monoisotopic (exact) mass is 494 g/mol. The van der Waals surface area contributed by atoms with Crippen molar-refractivity contribution in [3.8, 4) is 11.4 Å². The van der Waals surface area contributed by atoms with Crippen LogP contribution in [-0.4, -0.2) is 14.4 Å². The Labute approximate surface area is 214 Å². The highest BCUT2D eigenvalue weighted by Crippen LogP contribution is 2.43. The highest BCUT2D eigenvalue weighted by Gasteiger charge is 2.25. The lowest BCUT2D eigenvalue weighted by molar-refractivity contribution is 1.16.